The summed E-state index contributed by atoms with van der Waals surface area (Å²) >= 11 is 0. The lowest BCUT2D eigenvalue weighted by Crippen LogP contribution is -1.97. The first-order chi connectivity index (χ1) is 9.74. The van der Waals surface area contributed by atoms with Gasteiger partial charge in [-0.2, -0.15) is 0 Å². The van der Waals surface area contributed by atoms with E-state index in [0.717, 1.165) is 28.6 Å². The Bertz CT molecular complexity index is 842. The first-order valence-electron chi connectivity index (χ1n) is 6.97. The number of nitrogens with one attached hydrogen (secondary N) is 1. The van der Waals surface area contributed by atoms with E-state index >= 15 is 0 Å². The molecule has 0 atom stereocenters. The second-order valence-corrected chi connectivity index (χ2v) is 5.49. The number of aromatic amines is 1. The number of aromatic nitrogens is 1. The van der Waals surface area contributed by atoms with Crippen LogP contribution >= 0.6 is 0 Å². The third-order valence-corrected chi connectivity index (χ3v) is 4.29. The third kappa shape index (κ3) is 1.54. The molecule has 0 spiro atoms. The molecular weight excluding hydrogens is 246 g/mol. The molecule has 0 unspecified atom stereocenters. The molecule has 1 aliphatic carbocycles. The number of Topliss-reactive ketones (excluding diaryl/α,β-unsaturated/α-hetero) is 1. The Morgan fingerprint density at radius 2 is 1.95 bits per heavy atom. The van der Waals surface area contributed by atoms with Crippen LogP contribution in [0.4, 0.5) is 0 Å². The van der Waals surface area contributed by atoms with Gasteiger partial charge >= 0.3 is 0 Å². The van der Waals surface area contributed by atoms with Crippen LogP contribution in [0.1, 0.15) is 27.9 Å². The highest BCUT2D eigenvalue weighted by molar-refractivity contribution is 6.07. The van der Waals surface area contributed by atoms with E-state index in [4.69, 9.17) is 0 Å². The Kier molecular flexibility index (Phi) is 2.34. The number of benzene rings is 2. The Morgan fingerprint density at radius 1 is 1.05 bits per heavy atom. The van der Waals surface area contributed by atoms with Gasteiger partial charge in [0.25, 0.3) is 0 Å². The smallest absolute Gasteiger partial charge is 0.164 e. The molecule has 0 saturated heterocycles. The van der Waals surface area contributed by atoms with Crippen molar-refractivity contribution in [2.45, 2.75) is 19.8 Å². The van der Waals surface area contributed by atoms with Crippen LogP contribution < -0.4 is 0 Å². The fourth-order valence-electron chi connectivity index (χ4n) is 3.22. The lowest BCUT2D eigenvalue weighted by atomic mass is 9.93. The molecule has 4 rings (SSSR count). The summed E-state index contributed by atoms with van der Waals surface area (Å²) in [6, 6.07) is 12.6. The van der Waals surface area contributed by atoms with Gasteiger partial charge in [-0.1, -0.05) is 18.2 Å². The molecule has 0 fully saturated rings. The average molecular weight is 261 g/mol. The van der Waals surface area contributed by atoms with E-state index in [0.29, 0.717) is 6.42 Å². The zero-order valence-corrected chi connectivity index (χ0v) is 11.4. The van der Waals surface area contributed by atoms with Gasteiger partial charge in [-0.3, -0.25) is 4.79 Å². The van der Waals surface area contributed by atoms with Crippen molar-refractivity contribution in [3.05, 3.63) is 59.3 Å². The van der Waals surface area contributed by atoms with Crippen molar-refractivity contribution in [3.63, 3.8) is 0 Å². The molecule has 1 heterocycles. The predicted octanol–water partition coefficient (Wildman–Crippen LogP) is 4.27. The van der Waals surface area contributed by atoms with E-state index in [9.17, 15) is 4.79 Å². The molecule has 1 aromatic heterocycles. The molecule has 0 bridgehead atoms. The maximum Gasteiger partial charge on any atom is 0.164 e. The van der Waals surface area contributed by atoms with Crippen LogP contribution in [0.2, 0.25) is 0 Å². The minimum absolute atomic E-state index is 0.285. The number of H-pyrrole nitrogens is 1. The standard InChI is InChI=1S/C18H15NO/c1-11-2-4-15(18-14(11)5-7-17(18)20)12-3-6-16-13(10-12)8-9-19-16/h2-4,6,8-10,19H,5,7H2,1H3. The molecule has 0 saturated carbocycles. The SMILES string of the molecule is Cc1ccc(-c2ccc3[nH]ccc3c2)c2c1CCC2=O. The van der Waals surface area contributed by atoms with Gasteiger partial charge in [-0.05, 0) is 59.2 Å². The number of hydrogen-bond acceptors (Lipinski definition) is 1. The summed E-state index contributed by atoms with van der Waals surface area (Å²) in [6.45, 7) is 2.09. The number of rotatable bonds is 1. The van der Waals surface area contributed by atoms with Gasteiger partial charge < -0.3 is 4.98 Å². The van der Waals surface area contributed by atoms with Crippen LogP contribution in [0.15, 0.2) is 42.6 Å². The molecule has 1 aliphatic rings. The molecule has 20 heavy (non-hydrogen) atoms. The summed E-state index contributed by atoms with van der Waals surface area (Å²) in [5.41, 5.74) is 6.75. The summed E-state index contributed by atoms with van der Waals surface area (Å²) in [6.07, 6.45) is 3.49. The number of hydrogen-bond donors (Lipinski definition) is 1. The number of fused-ring (bicyclic) bond motifs is 2. The monoisotopic (exact) mass is 261 g/mol. The summed E-state index contributed by atoms with van der Waals surface area (Å²) in [5.74, 6) is 0.285. The highest BCUT2D eigenvalue weighted by Crippen LogP contribution is 2.35. The lowest BCUT2D eigenvalue weighted by Gasteiger charge is -2.10. The van der Waals surface area contributed by atoms with Crippen LogP contribution in [0, 0.1) is 6.92 Å². The van der Waals surface area contributed by atoms with Crippen molar-refractivity contribution in [2.24, 2.45) is 0 Å². The molecule has 98 valence electrons. The normalized spacial score (nSPS) is 13.9. The lowest BCUT2D eigenvalue weighted by molar-refractivity contribution is 0.0995. The molecular formula is C18H15NO. The van der Waals surface area contributed by atoms with E-state index in [1.807, 2.05) is 6.20 Å². The van der Waals surface area contributed by atoms with Crippen molar-refractivity contribution < 1.29 is 4.79 Å². The minimum Gasteiger partial charge on any atom is -0.361 e. The van der Waals surface area contributed by atoms with Gasteiger partial charge in [0, 0.05) is 23.7 Å². The molecule has 2 heteroatoms. The maximum absolute atomic E-state index is 12.2. The van der Waals surface area contributed by atoms with Gasteiger partial charge in [-0.15, -0.1) is 0 Å². The summed E-state index contributed by atoms with van der Waals surface area (Å²) in [7, 11) is 0. The van der Waals surface area contributed by atoms with Crippen molar-refractivity contribution in [2.75, 3.05) is 0 Å². The molecule has 2 nitrogen and oxygen atoms in total. The van der Waals surface area contributed by atoms with E-state index < -0.39 is 0 Å². The first-order valence-corrected chi connectivity index (χ1v) is 6.97. The van der Waals surface area contributed by atoms with Gasteiger partial charge in [0.2, 0.25) is 0 Å². The largest absolute Gasteiger partial charge is 0.361 e. The number of ketones is 1. The van der Waals surface area contributed by atoms with Crippen molar-refractivity contribution in [3.8, 4) is 11.1 Å². The van der Waals surface area contributed by atoms with Gasteiger partial charge in [0.1, 0.15) is 0 Å². The van der Waals surface area contributed by atoms with E-state index in [-0.39, 0.29) is 5.78 Å². The molecule has 1 N–H and O–H groups in total. The Balaban J connectivity index is 1.98. The molecule has 0 aliphatic heterocycles. The highest BCUT2D eigenvalue weighted by Gasteiger charge is 2.24. The van der Waals surface area contributed by atoms with Crippen LogP contribution in [-0.2, 0) is 6.42 Å². The molecule has 0 amide bonds. The molecule has 3 aromatic rings. The number of carbonyl (C=O) groups is 1. The van der Waals surface area contributed by atoms with Crippen molar-refractivity contribution >= 4 is 16.7 Å². The fraction of sp³-hybridized carbons (Fsp3) is 0.167. The molecule has 0 radical (unpaired) electrons. The van der Waals surface area contributed by atoms with Crippen molar-refractivity contribution in [1.82, 2.24) is 4.98 Å². The summed E-state index contributed by atoms with van der Waals surface area (Å²) in [4.78, 5) is 15.4. The fourth-order valence-corrected chi connectivity index (χ4v) is 3.22. The van der Waals surface area contributed by atoms with Gasteiger partial charge in [-0.25, -0.2) is 0 Å². The van der Waals surface area contributed by atoms with Crippen LogP contribution in [0.5, 0.6) is 0 Å². The summed E-state index contributed by atoms with van der Waals surface area (Å²) < 4.78 is 0. The summed E-state index contributed by atoms with van der Waals surface area (Å²) in [5, 5.41) is 1.18. The Hall–Kier alpha value is -2.35. The quantitative estimate of drug-likeness (QED) is 0.697. The van der Waals surface area contributed by atoms with Gasteiger partial charge in [0.15, 0.2) is 5.78 Å². The van der Waals surface area contributed by atoms with Crippen LogP contribution in [0.25, 0.3) is 22.0 Å². The van der Waals surface area contributed by atoms with E-state index in [2.05, 4.69) is 48.3 Å². The zero-order chi connectivity index (χ0) is 13.7. The third-order valence-electron chi connectivity index (χ3n) is 4.29. The minimum atomic E-state index is 0.285. The van der Waals surface area contributed by atoms with Crippen molar-refractivity contribution in [1.29, 1.82) is 0 Å². The Labute approximate surface area is 117 Å². The molecule has 2 aromatic carbocycles. The maximum atomic E-state index is 12.2. The number of carbonyl (C=O) groups excluding carboxylic acids is 1. The average Bonchev–Trinajstić information content (AvgIpc) is 3.06. The Morgan fingerprint density at radius 3 is 2.85 bits per heavy atom. The number of aryl methyl sites for hydroxylation is 1. The first kappa shape index (κ1) is 11.5. The van der Waals surface area contributed by atoms with E-state index in [1.165, 1.54) is 16.5 Å². The highest BCUT2D eigenvalue weighted by atomic mass is 16.1. The second kappa shape index (κ2) is 4.07. The topological polar surface area (TPSA) is 32.9 Å². The van der Waals surface area contributed by atoms with Gasteiger partial charge in [0.05, 0.1) is 0 Å². The van der Waals surface area contributed by atoms with E-state index in [1.54, 1.807) is 0 Å². The van der Waals surface area contributed by atoms with Crippen LogP contribution in [-0.4, -0.2) is 10.8 Å². The van der Waals surface area contributed by atoms with Crippen LogP contribution in [0.3, 0.4) is 0 Å². The predicted molar refractivity (Wildman–Crippen MR) is 81.1 cm³/mol. The zero-order valence-electron chi connectivity index (χ0n) is 11.4. The second-order valence-electron chi connectivity index (χ2n) is 5.49.